The van der Waals surface area contributed by atoms with Crippen LogP contribution in [0.15, 0.2) is 36.4 Å². The third kappa shape index (κ3) is 4.82. The first-order valence-electron chi connectivity index (χ1n) is 8.06. The van der Waals surface area contributed by atoms with Crippen molar-refractivity contribution in [2.75, 3.05) is 0 Å². The first kappa shape index (κ1) is 19.9. The van der Waals surface area contributed by atoms with Crippen LogP contribution in [-0.4, -0.2) is 0 Å². The second kappa shape index (κ2) is 9.91. The maximum Gasteiger partial charge on any atom is 0.000653 e. The van der Waals surface area contributed by atoms with Gasteiger partial charge in [0.15, 0.2) is 0 Å². The van der Waals surface area contributed by atoms with Gasteiger partial charge in [0.2, 0.25) is 0 Å². The normalized spacial score (nSPS) is 12.9. The second-order valence-corrected chi connectivity index (χ2v) is 15.7. The molecular weight excluding hydrogens is 371 g/mol. The van der Waals surface area contributed by atoms with Crippen LogP contribution in [-0.2, 0) is 25.2 Å². The predicted molar refractivity (Wildman–Crippen MR) is 122 cm³/mol. The van der Waals surface area contributed by atoms with E-state index in [1.54, 1.807) is 0 Å². The van der Waals surface area contributed by atoms with Gasteiger partial charge in [-0.3, -0.25) is 0 Å². The van der Waals surface area contributed by atoms with Crippen molar-refractivity contribution in [1.82, 2.24) is 0 Å². The van der Waals surface area contributed by atoms with Gasteiger partial charge in [-0.05, 0) is 52.4 Å². The summed E-state index contributed by atoms with van der Waals surface area (Å²) in [5, 5.41) is 0. The molecule has 0 saturated heterocycles. The van der Waals surface area contributed by atoms with Crippen LogP contribution in [0, 0.1) is 0 Å². The van der Waals surface area contributed by atoms with Crippen molar-refractivity contribution < 1.29 is 0 Å². The lowest BCUT2D eigenvalue weighted by atomic mass is 9.87. The molecule has 0 bridgehead atoms. The molecule has 0 N–H and O–H groups in total. The fraction of sp³-hybridized carbons (Fsp3) is 0.333. The molecule has 124 valence electrons. The SMILES string of the molecule is CCc1cccc(CP)c1-c1c(CC)cccc1CP(P)PP. The molecule has 0 aromatic heterocycles. The smallest absolute Gasteiger partial charge is 0.000653 e. The predicted octanol–water partition coefficient (Wildman–Crippen LogP) is 7.01. The standard InChI is InChI=1S/C18H27P5/c1-3-13-7-5-9-15(11-19)17(13)18-14(4-2)8-6-10-16(18)12-23(21)22-20/h5-10,22H,3-4,11-12,19-21H2,1-2H3. The van der Waals surface area contributed by atoms with Crippen LogP contribution in [0.4, 0.5) is 0 Å². The Hall–Kier alpha value is 0.590. The number of benzene rings is 2. The van der Waals surface area contributed by atoms with Gasteiger partial charge in [-0.25, -0.2) is 0 Å². The molecule has 0 aliphatic heterocycles. The van der Waals surface area contributed by atoms with E-state index in [1.165, 1.54) is 39.5 Å². The van der Waals surface area contributed by atoms with E-state index in [0.29, 0.717) is 0 Å². The average Bonchev–Trinajstić information content (AvgIpc) is 2.60. The quantitative estimate of drug-likeness (QED) is 0.440. The van der Waals surface area contributed by atoms with Gasteiger partial charge in [0, 0.05) is 6.16 Å². The number of hydrogen-bond acceptors (Lipinski definition) is 0. The summed E-state index contributed by atoms with van der Waals surface area (Å²) in [6.45, 7) is 4.55. The van der Waals surface area contributed by atoms with Crippen molar-refractivity contribution in [3.63, 3.8) is 0 Å². The zero-order valence-electron chi connectivity index (χ0n) is 14.0. The van der Waals surface area contributed by atoms with E-state index >= 15 is 0 Å². The highest BCUT2D eigenvalue weighted by molar-refractivity contribution is 8.60. The Balaban J connectivity index is 2.71. The Labute approximate surface area is 151 Å². The topological polar surface area (TPSA) is 0 Å². The average molecular weight is 398 g/mol. The summed E-state index contributed by atoms with van der Waals surface area (Å²) in [4.78, 5) is 0. The summed E-state index contributed by atoms with van der Waals surface area (Å²) >= 11 is 0. The maximum atomic E-state index is 3.07. The molecule has 0 radical (unpaired) electrons. The number of aryl methyl sites for hydroxylation is 2. The summed E-state index contributed by atoms with van der Waals surface area (Å²) in [6.07, 6.45) is 4.39. The molecule has 0 fully saturated rings. The highest BCUT2D eigenvalue weighted by Crippen LogP contribution is 2.68. The second-order valence-electron chi connectivity index (χ2n) is 5.57. The molecule has 0 aliphatic rings. The zero-order chi connectivity index (χ0) is 16.8. The van der Waals surface area contributed by atoms with E-state index in [2.05, 4.69) is 77.3 Å². The minimum atomic E-state index is -0.00420. The lowest BCUT2D eigenvalue weighted by Crippen LogP contribution is -2.00. The van der Waals surface area contributed by atoms with Crippen molar-refractivity contribution >= 4 is 42.4 Å². The molecule has 0 aliphatic carbocycles. The third-order valence-electron chi connectivity index (χ3n) is 4.21. The molecule has 5 atom stereocenters. The third-order valence-corrected chi connectivity index (χ3v) is 14.7. The van der Waals surface area contributed by atoms with Crippen LogP contribution in [0.5, 0.6) is 0 Å². The van der Waals surface area contributed by atoms with Crippen LogP contribution in [0.2, 0.25) is 0 Å². The van der Waals surface area contributed by atoms with Crippen LogP contribution in [0.3, 0.4) is 0 Å². The Kier molecular flexibility index (Phi) is 8.58. The molecule has 0 saturated carbocycles. The fourth-order valence-corrected chi connectivity index (χ4v) is 6.33. The van der Waals surface area contributed by atoms with Gasteiger partial charge in [-0.15, -0.1) is 27.1 Å². The van der Waals surface area contributed by atoms with Crippen molar-refractivity contribution in [2.45, 2.75) is 39.0 Å². The summed E-state index contributed by atoms with van der Waals surface area (Å²) < 4.78 is 0. The van der Waals surface area contributed by atoms with Crippen LogP contribution in [0.25, 0.3) is 11.1 Å². The van der Waals surface area contributed by atoms with Crippen LogP contribution >= 0.6 is 42.4 Å². The highest BCUT2D eigenvalue weighted by Gasteiger charge is 2.17. The van der Waals surface area contributed by atoms with Crippen LogP contribution in [0.1, 0.15) is 36.1 Å². The van der Waals surface area contributed by atoms with Crippen molar-refractivity contribution in [2.24, 2.45) is 0 Å². The molecule has 0 spiro atoms. The van der Waals surface area contributed by atoms with Gasteiger partial charge >= 0.3 is 0 Å². The molecule has 5 heteroatoms. The molecule has 0 amide bonds. The van der Waals surface area contributed by atoms with Crippen molar-refractivity contribution in [1.29, 1.82) is 0 Å². The summed E-state index contributed by atoms with van der Waals surface area (Å²) in [5.41, 5.74) is 8.97. The molecule has 23 heavy (non-hydrogen) atoms. The minimum absolute atomic E-state index is 0.00420. The molecule has 2 aromatic rings. The number of rotatable bonds is 7. The van der Waals surface area contributed by atoms with Crippen molar-refractivity contribution in [3.8, 4) is 11.1 Å². The van der Waals surface area contributed by atoms with E-state index in [-0.39, 0.29) is 7.30 Å². The van der Waals surface area contributed by atoms with E-state index < -0.39 is 0 Å². The molecule has 2 rings (SSSR count). The fourth-order valence-electron chi connectivity index (χ4n) is 3.07. The van der Waals surface area contributed by atoms with E-state index in [1.807, 2.05) is 0 Å². The van der Waals surface area contributed by atoms with Gasteiger partial charge in [0.25, 0.3) is 0 Å². The van der Waals surface area contributed by atoms with Gasteiger partial charge < -0.3 is 0 Å². The first-order chi connectivity index (χ1) is 11.2. The van der Waals surface area contributed by atoms with E-state index in [4.69, 9.17) is 0 Å². The molecule has 2 aromatic carbocycles. The lowest BCUT2D eigenvalue weighted by molar-refractivity contribution is 1.10. The maximum absolute atomic E-state index is 3.07. The Morgan fingerprint density at radius 3 is 1.83 bits per heavy atom. The minimum Gasteiger partial charge on any atom is -0.133 e. The largest absolute Gasteiger partial charge is 0.133 e. The highest BCUT2D eigenvalue weighted by atomic mass is 32.6. The molecular formula is C18H27P5. The molecule has 0 heterocycles. The molecule has 5 unspecified atom stereocenters. The van der Waals surface area contributed by atoms with Crippen molar-refractivity contribution in [3.05, 3.63) is 58.7 Å². The molecule has 0 nitrogen and oxygen atoms in total. The van der Waals surface area contributed by atoms with Gasteiger partial charge in [0.1, 0.15) is 0 Å². The Morgan fingerprint density at radius 1 is 0.870 bits per heavy atom. The van der Waals surface area contributed by atoms with Crippen LogP contribution < -0.4 is 0 Å². The van der Waals surface area contributed by atoms with Gasteiger partial charge in [0.05, 0.1) is 0 Å². The Bertz CT molecular complexity index is 632. The summed E-state index contributed by atoms with van der Waals surface area (Å²) in [6, 6.07) is 13.7. The zero-order valence-corrected chi connectivity index (χ0v) is 19.3. The summed E-state index contributed by atoms with van der Waals surface area (Å²) in [7, 11) is 9.85. The number of hydrogen-bond donors (Lipinski definition) is 0. The monoisotopic (exact) mass is 398 g/mol. The van der Waals surface area contributed by atoms with Gasteiger partial charge in [-0.2, -0.15) is 0 Å². The lowest BCUT2D eigenvalue weighted by Gasteiger charge is -2.21. The van der Waals surface area contributed by atoms with E-state index in [9.17, 15) is 0 Å². The summed E-state index contributed by atoms with van der Waals surface area (Å²) in [5.74, 6) is 0. The Morgan fingerprint density at radius 2 is 1.35 bits per heavy atom. The van der Waals surface area contributed by atoms with E-state index in [0.717, 1.165) is 27.0 Å². The first-order valence-corrected chi connectivity index (χ1v) is 15.7. The van der Waals surface area contributed by atoms with Gasteiger partial charge in [-0.1, -0.05) is 65.5 Å².